The Morgan fingerprint density at radius 3 is 2.90 bits per heavy atom. The number of nitrogens with zero attached hydrogens (tertiary/aromatic N) is 2. The normalized spacial score (nSPS) is 12.2. The number of hydrogen-bond acceptors (Lipinski definition) is 3. The van der Waals surface area contributed by atoms with Gasteiger partial charge >= 0.3 is 6.18 Å². The molecule has 0 aliphatic heterocycles. The standard InChI is InChI=1S/C14H18F3N3O/c1-18-8-11-9-20(13-12(11)4-2-5-19-13)6-3-7-21-10-14(15,16)17/h2,4-5,9,18H,3,6-8,10H2,1H3. The molecule has 0 aromatic carbocycles. The Labute approximate surface area is 120 Å². The first-order valence-corrected chi connectivity index (χ1v) is 6.73. The summed E-state index contributed by atoms with van der Waals surface area (Å²) in [6.07, 6.45) is -0.0584. The van der Waals surface area contributed by atoms with E-state index in [1.165, 1.54) is 0 Å². The smallest absolute Gasteiger partial charge is 0.372 e. The molecule has 0 saturated heterocycles. The van der Waals surface area contributed by atoms with Crippen molar-refractivity contribution >= 4 is 11.0 Å². The minimum Gasteiger partial charge on any atom is -0.372 e. The summed E-state index contributed by atoms with van der Waals surface area (Å²) in [6.45, 7) is 0.185. The fourth-order valence-corrected chi connectivity index (χ4v) is 2.22. The number of aryl methyl sites for hydroxylation is 1. The largest absolute Gasteiger partial charge is 0.411 e. The molecule has 2 rings (SSSR count). The number of pyridine rings is 1. The minimum atomic E-state index is -4.26. The highest BCUT2D eigenvalue weighted by atomic mass is 19.4. The predicted octanol–water partition coefficient (Wildman–Crippen LogP) is 2.72. The Bertz CT molecular complexity index is 580. The molecule has 2 heterocycles. The van der Waals surface area contributed by atoms with Gasteiger partial charge in [-0.3, -0.25) is 0 Å². The lowest BCUT2D eigenvalue weighted by Gasteiger charge is -2.08. The number of nitrogens with one attached hydrogen (secondary N) is 1. The summed E-state index contributed by atoms with van der Waals surface area (Å²) in [5.74, 6) is 0. The third-order valence-corrected chi connectivity index (χ3v) is 3.04. The highest BCUT2D eigenvalue weighted by Crippen LogP contribution is 2.19. The van der Waals surface area contributed by atoms with E-state index in [2.05, 4.69) is 15.0 Å². The van der Waals surface area contributed by atoms with E-state index in [0.717, 1.165) is 23.1 Å². The number of hydrogen-bond donors (Lipinski definition) is 1. The average molecular weight is 301 g/mol. The van der Waals surface area contributed by atoms with E-state index in [1.807, 2.05) is 29.9 Å². The van der Waals surface area contributed by atoms with Gasteiger partial charge in [0.2, 0.25) is 0 Å². The molecule has 7 heteroatoms. The third kappa shape index (κ3) is 4.44. The van der Waals surface area contributed by atoms with Crippen molar-refractivity contribution in [3.63, 3.8) is 0 Å². The van der Waals surface area contributed by atoms with Crippen LogP contribution >= 0.6 is 0 Å². The maximum Gasteiger partial charge on any atom is 0.411 e. The van der Waals surface area contributed by atoms with Crippen molar-refractivity contribution < 1.29 is 17.9 Å². The predicted molar refractivity (Wildman–Crippen MR) is 74.0 cm³/mol. The molecule has 116 valence electrons. The van der Waals surface area contributed by atoms with Gasteiger partial charge in [0, 0.05) is 37.5 Å². The maximum atomic E-state index is 12.0. The van der Waals surface area contributed by atoms with Crippen molar-refractivity contribution in [3.8, 4) is 0 Å². The molecule has 0 radical (unpaired) electrons. The number of alkyl halides is 3. The monoisotopic (exact) mass is 301 g/mol. The highest BCUT2D eigenvalue weighted by Gasteiger charge is 2.27. The van der Waals surface area contributed by atoms with Crippen molar-refractivity contribution in [3.05, 3.63) is 30.1 Å². The van der Waals surface area contributed by atoms with E-state index in [1.54, 1.807) is 6.20 Å². The summed E-state index contributed by atoms with van der Waals surface area (Å²) in [5.41, 5.74) is 1.97. The van der Waals surface area contributed by atoms with Crippen LogP contribution < -0.4 is 5.32 Å². The van der Waals surface area contributed by atoms with Crippen molar-refractivity contribution in [1.82, 2.24) is 14.9 Å². The van der Waals surface area contributed by atoms with Gasteiger partial charge in [-0.1, -0.05) is 0 Å². The number of halogens is 3. The number of rotatable bonds is 7. The molecule has 0 unspecified atom stereocenters. The summed E-state index contributed by atoms with van der Waals surface area (Å²) in [5, 5.41) is 4.15. The topological polar surface area (TPSA) is 39.1 Å². The first-order valence-electron chi connectivity index (χ1n) is 6.73. The second kappa shape index (κ2) is 6.91. The Morgan fingerprint density at radius 1 is 1.38 bits per heavy atom. The van der Waals surface area contributed by atoms with E-state index in [9.17, 15) is 13.2 Å². The van der Waals surface area contributed by atoms with Gasteiger partial charge in [0.05, 0.1) is 0 Å². The number of ether oxygens (including phenoxy) is 1. The van der Waals surface area contributed by atoms with Crippen LogP contribution in [0, 0.1) is 0 Å². The zero-order valence-electron chi connectivity index (χ0n) is 11.8. The molecule has 4 nitrogen and oxygen atoms in total. The van der Waals surface area contributed by atoms with Crippen LogP contribution in [-0.2, 0) is 17.8 Å². The highest BCUT2D eigenvalue weighted by molar-refractivity contribution is 5.80. The van der Waals surface area contributed by atoms with Crippen LogP contribution in [0.4, 0.5) is 13.2 Å². The summed E-state index contributed by atoms with van der Waals surface area (Å²) < 4.78 is 42.4. The van der Waals surface area contributed by atoms with Gasteiger partial charge in [-0.2, -0.15) is 13.2 Å². The molecule has 2 aromatic rings. The number of fused-ring (bicyclic) bond motifs is 1. The van der Waals surface area contributed by atoms with E-state index in [-0.39, 0.29) is 6.61 Å². The Morgan fingerprint density at radius 2 is 2.19 bits per heavy atom. The van der Waals surface area contributed by atoms with Gasteiger partial charge < -0.3 is 14.6 Å². The fraction of sp³-hybridized carbons (Fsp3) is 0.500. The first-order chi connectivity index (χ1) is 10.0. The van der Waals surface area contributed by atoms with Gasteiger partial charge in [-0.25, -0.2) is 4.98 Å². The molecular weight excluding hydrogens is 283 g/mol. The van der Waals surface area contributed by atoms with Crippen LogP contribution in [0.25, 0.3) is 11.0 Å². The fourth-order valence-electron chi connectivity index (χ4n) is 2.22. The van der Waals surface area contributed by atoms with Crippen molar-refractivity contribution in [2.45, 2.75) is 25.7 Å². The minimum absolute atomic E-state index is 0.0768. The van der Waals surface area contributed by atoms with Crippen LogP contribution in [0.5, 0.6) is 0 Å². The molecule has 0 aliphatic rings. The van der Waals surface area contributed by atoms with Crippen molar-refractivity contribution in [2.24, 2.45) is 0 Å². The quantitative estimate of drug-likeness (QED) is 0.799. The van der Waals surface area contributed by atoms with Crippen LogP contribution in [-0.4, -0.2) is 36.0 Å². The molecule has 0 aliphatic carbocycles. The van der Waals surface area contributed by atoms with Crippen molar-refractivity contribution in [2.75, 3.05) is 20.3 Å². The SMILES string of the molecule is CNCc1cn(CCCOCC(F)(F)F)c2ncccc12. The second-order valence-corrected chi connectivity index (χ2v) is 4.77. The Balaban J connectivity index is 1.96. The zero-order chi connectivity index (χ0) is 15.3. The van der Waals surface area contributed by atoms with Gasteiger partial charge in [0.25, 0.3) is 0 Å². The molecule has 0 saturated carbocycles. The van der Waals surface area contributed by atoms with Gasteiger partial charge in [-0.05, 0) is 31.2 Å². The third-order valence-electron chi connectivity index (χ3n) is 3.04. The van der Waals surface area contributed by atoms with Gasteiger partial charge in [0.1, 0.15) is 12.3 Å². The molecule has 0 amide bonds. The lowest BCUT2D eigenvalue weighted by molar-refractivity contribution is -0.174. The average Bonchev–Trinajstić information content (AvgIpc) is 2.77. The van der Waals surface area contributed by atoms with Gasteiger partial charge in [-0.15, -0.1) is 0 Å². The molecule has 21 heavy (non-hydrogen) atoms. The summed E-state index contributed by atoms with van der Waals surface area (Å²) in [4.78, 5) is 4.34. The van der Waals surface area contributed by atoms with Crippen LogP contribution in [0.15, 0.2) is 24.5 Å². The number of aromatic nitrogens is 2. The molecule has 0 spiro atoms. The zero-order valence-corrected chi connectivity index (χ0v) is 11.8. The molecule has 2 aromatic heterocycles. The van der Waals surface area contributed by atoms with Crippen LogP contribution in [0.3, 0.4) is 0 Å². The second-order valence-electron chi connectivity index (χ2n) is 4.77. The summed E-state index contributed by atoms with van der Waals surface area (Å²) in [7, 11) is 1.87. The lowest BCUT2D eigenvalue weighted by atomic mass is 10.2. The summed E-state index contributed by atoms with van der Waals surface area (Å²) >= 11 is 0. The molecule has 0 bridgehead atoms. The van der Waals surface area contributed by atoms with Crippen molar-refractivity contribution in [1.29, 1.82) is 0 Å². The van der Waals surface area contributed by atoms with Crippen LogP contribution in [0.1, 0.15) is 12.0 Å². The molecule has 1 N–H and O–H groups in total. The lowest BCUT2D eigenvalue weighted by Crippen LogP contribution is -2.17. The molecule has 0 fully saturated rings. The van der Waals surface area contributed by atoms with E-state index in [0.29, 0.717) is 13.0 Å². The Hall–Kier alpha value is -1.60. The molecular formula is C14H18F3N3O. The first kappa shape index (κ1) is 15.8. The van der Waals surface area contributed by atoms with E-state index >= 15 is 0 Å². The van der Waals surface area contributed by atoms with E-state index < -0.39 is 12.8 Å². The Kier molecular flexibility index (Phi) is 5.19. The van der Waals surface area contributed by atoms with Gasteiger partial charge in [0.15, 0.2) is 0 Å². The maximum absolute atomic E-state index is 12.0. The summed E-state index contributed by atoms with van der Waals surface area (Å²) in [6, 6.07) is 3.87. The molecule has 0 atom stereocenters. The van der Waals surface area contributed by atoms with Crippen LogP contribution in [0.2, 0.25) is 0 Å². The van der Waals surface area contributed by atoms with E-state index in [4.69, 9.17) is 0 Å².